The third-order valence-electron chi connectivity index (χ3n) is 5.42. The first-order chi connectivity index (χ1) is 13.1. The molecule has 8 heteroatoms. The normalized spacial score (nSPS) is 17.7. The Balaban J connectivity index is 2.25. The summed E-state index contributed by atoms with van der Waals surface area (Å²) in [5, 5.41) is 0.148. The first-order valence-corrected chi connectivity index (χ1v) is 14.5. The summed E-state index contributed by atoms with van der Waals surface area (Å²) in [6, 6.07) is -0.00392. The average molecular weight is 434 g/mol. The molecule has 0 aliphatic carbocycles. The number of cyclic esters (lactones) is 1. The highest BCUT2D eigenvalue weighted by Crippen LogP contribution is 2.36. The van der Waals surface area contributed by atoms with Crippen LogP contribution in [0, 0.1) is 0 Å². The highest BCUT2D eigenvalue weighted by Gasteiger charge is 2.40. The Bertz CT molecular complexity index is 495. The summed E-state index contributed by atoms with van der Waals surface area (Å²) < 4.78 is 16.7. The lowest BCUT2D eigenvalue weighted by Gasteiger charge is -2.37. The second-order valence-corrected chi connectivity index (χ2v) is 14.8. The maximum atomic E-state index is 12.0. The molecule has 0 N–H and O–H groups in total. The minimum atomic E-state index is -1.84. The highest BCUT2D eigenvalue weighted by atomic mass is 32.2. The number of thioether (sulfide) groups is 1. The molecule has 0 radical (unpaired) electrons. The van der Waals surface area contributed by atoms with Gasteiger partial charge in [-0.3, -0.25) is 9.69 Å². The summed E-state index contributed by atoms with van der Waals surface area (Å²) in [7, 11) is -1.84. The SMILES string of the molecule is CCCCOC(=O)CCCSCCN1C(=O)OC[C@H]1CO[Si](C)(C)C(C)(C)C. The van der Waals surface area contributed by atoms with Crippen LogP contribution in [0.4, 0.5) is 4.79 Å². The fourth-order valence-corrected chi connectivity index (χ4v) is 4.33. The lowest BCUT2D eigenvalue weighted by molar-refractivity contribution is -0.143. The number of carbonyl (C=O) groups excluding carboxylic acids is 2. The van der Waals surface area contributed by atoms with Crippen LogP contribution in [0.2, 0.25) is 18.1 Å². The van der Waals surface area contributed by atoms with Gasteiger partial charge in [-0.1, -0.05) is 34.1 Å². The number of esters is 1. The summed E-state index contributed by atoms with van der Waals surface area (Å²) in [4.78, 5) is 25.4. The molecule has 0 aromatic carbocycles. The van der Waals surface area contributed by atoms with E-state index in [1.807, 2.05) is 0 Å². The fraction of sp³-hybridized carbons (Fsp3) is 0.900. The minimum Gasteiger partial charge on any atom is -0.466 e. The van der Waals surface area contributed by atoms with Crippen molar-refractivity contribution in [1.82, 2.24) is 4.90 Å². The van der Waals surface area contributed by atoms with Crippen molar-refractivity contribution < 1.29 is 23.5 Å². The molecular weight excluding hydrogens is 394 g/mol. The van der Waals surface area contributed by atoms with Crippen molar-refractivity contribution >= 4 is 32.1 Å². The number of nitrogens with zero attached hydrogens (tertiary/aromatic N) is 1. The fourth-order valence-electron chi connectivity index (χ4n) is 2.41. The van der Waals surface area contributed by atoms with Gasteiger partial charge in [0.05, 0.1) is 19.3 Å². The number of hydrogen-bond acceptors (Lipinski definition) is 6. The maximum absolute atomic E-state index is 12.0. The number of unbranched alkanes of at least 4 members (excludes halogenated alkanes) is 1. The molecule has 6 nitrogen and oxygen atoms in total. The number of amides is 1. The third kappa shape index (κ3) is 8.74. The van der Waals surface area contributed by atoms with Crippen LogP contribution in [0.15, 0.2) is 0 Å². The predicted molar refractivity (Wildman–Crippen MR) is 117 cm³/mol. The maximum Gasteiger partial charge on any atom is 0.410 e. The van der Waals surface area contributed by atoms with Gasteiger partial charge in [-0.2, -0.15) is 11.8 Å². The number of ether oxygens (including phenoxy) is 2. The molecule has 164 valence electrons. The molecule has 0 aromatic heterocycles. The largest absolute Gasteiger partial charge is 0.466 e. The lowest BCUT2D eigenvalue weighted by atomic mass is 10.2. The monoisotopic (exact) mass is 433 g/mol. The van der Waals surface area contributed by atoms with Gasteiger partial charge in [-0.05, 0) is 36.7 Å². The van der Waals surface area contributed by atoms with Crippen LogP contribution >= 0.6 is 11.8 Å². The van der Waals surface area contributed by atoms with Crippen LogP contribution in [0.3, 0.4) is 0 Å². The summed E-state index contributed by atoms with van der Waals surface area (Å²) in [6.07, 6.45) is 2.98. The van der Waals surface area contributed by atoms with Crippen LogP contribution < -0.4 is 0 Å². The smallest absolute Gasteiger partial charge is 0.410 e. The molecule has 0 aromatic rings. The molecule has 1 heterocycles. The second-order valence-electron chi connectivity index (χ2n) is 8.79. The van der Waals surface area contributed by atoms with Crippen molar-refractivity contribution in [2.24, 2.45) is 0 Å². The Kier molecular flexibility index (Phi) is 10.9. The van der Waals surface area contributed by atoms with Crippen molar-refractivity contribution in [3.05, 3.63) is 0 Å². The van der Waals surface area contributed by atoms with Gasteiger partial charge in [0.25, 0.3) is 0 Å². The van der Waals surface area contributed by atoms with E-state index in [0.29, 0.717) is 32.8 Å². The first kappa shape index (κ1) is 25.3. The molecule has 1 aliphatic rings. The standard InChI is InChI=1S/C20H39NO5SSi/c1-7-8-12-24-18(22)10-9-13-27-14-11-21-17(15-25-19(21)23)16-26-28(5,6)20(2,3)4/h17H,7-16H2,1-6H3/t17-/m0/s1. The van der Waals surface area contributed by atoms with Crippen molar-refractivity contribution in [2.45, 2.75) is 77.6 Å². The Morgan fingerprint density at radius 3 is 2.64 bits per heavy atom. The van der Waals surface area contributed by atoms with Gasteiger partial charge in [0.1, 0.15) is 6.61 Å². The van der Waals surface area contributed by atoms with E-state index in [-0.39, 0.29) is 23.1 Å². The number of rotatable bonds is 13. The third-order valence-corrected chi connectivity index (χ3v) is 11.0. The lowest BCUT2D eigenvalue weighted by Crippen LogP contribution is -2.46. The minimum absolute atomic E-state index is 0.00392. The van der Waals surface area contributed by atoms with Crippen LogP contribution in [-0.2, 0) is 18.7 Å². The average Bonchev–Trinajstić information content (AvgIpc) is 2.95. The zero-order valence-corrected chi connectivity index (χ0v) is 20.4. The van der Waals surface area contributed by atoms with Gasteiger partial charge in [0.15, 0.2) is 8.32 Å². The quantitative estimate of drug-likeness (QED) is 0.239. The van der Waals surface area contributed by atoms with E-state index in [9.17, 15) is 9.59 Å². The summed E-state index contributed by atoms with van der Waals surface area (Å²) in [6.45, 7) is 15.3. The zero-order chi connectivity index (χ0) is 21.2. The van der Waals surface area contributed by atoms with Gasteiger partial charge in [-0.25, -0.2) is 4.79 Å². The van der Waals surface area contributed by atoms with Crippen LogP contribution in [0.25, 0.3) is 0 Å². The number of carbonyl (C=O) groups is 2. The van der Waals surface area contributed by atoms with Gasteiger partial charge in [-0.15, -0.1) is 0 Å². The zero-order valence-electron chi connectivity index (χ0n) is 18.5. The molecule has 0 saturated carbocycles. The van der Waals surface area contributed by atoms with E-state index in [4.69, 9.17) is 13.9 Å². The number of hydrogen-bond donors (Lipinski definition) is 0. The first-order valence-electron chi connectivity index (χ1n) is 10.4. The van der Waals surface area contributed by atoms with Crippen molar-refractivity contribution in [1.29, 1.82) is 0 Å². The molecule has 0 unspecified atom stereocenters. The molecular formula is C20H39NO5SSi. The molecule has 1 saturated heterocycles. The Morgan fingerprint density at radius 2 is 2.00 bits per heavy atom. The van der Waals surface area contributed by atoms with Crippen molar-refractivity contribution in [2.75, 3.05) is 37.9 Å². The summed E-state index contributed by atoms with van der Waals surface area (Å²) in [5.41, 5.74) is 0. The molecule has 1 fully saturated rings. The molecule has 0 spiro atoms. The Morgan fingerprint density at radius 1 is 1.29 bits per heavy atom. The van der Waals surface area contributed by atoms with E-state index >= 15 is 0 Å². The molecule has 1 atom stereocenters. The van der Waals surface area contributed by atoms with E-state index < -0.39 is 8.32 Å². The van der Waals surface area contributed by atoms with Crippen LogP contribution in [0.5, 0.6) is 0 Å². The highest BCUT2D eigenvalue weighted by molar-refractivity contribution is 7.99. The van der Waals surface area contributed by atoms with E-state index in [1.165, 1.54) is 0 Å². The van der Waals surface area contributed by atoms with Gasteiger partial charge in [0, 0.05) is 18.7 Å². The van der Waals surface area contributed by atoms with Crippen molar-refractivity contribution in [3.63, 3.8) is 0 Å². The second kappa shape index (κ2) is 12.1. The Hall–Kier alpha value is -0.733. The molecule has 1 aliphatic heterocycles. The van der Waals surface area contributed by atoms with Crippen LogP contribution in [-0.4, -0.2) is 69.2 Å². The van der Waals surface area contributed by atoms with Gasteiger partial charge in [0.2, 0.25) is 0 Å². The Labute approximate surface area is 176 Å². The van der Waals surface area contributed by atoms with E-state index in [0.717, 1.165) is 30.8 Å². The molecule has 1 rings (SSSR count). The topological polar surface area (TPSA) is 65.1 Å². The van der Waals surface area contributed by atoms with Crippen LogP contribution in [0.1, 0.15) is 53.4 Å². The van der Waals surface area contributed by atoms with Crippen molar-refractivity contribution in [3.8, 4) is 0 Å². The van der Waals surface area contributed by atoms with E-state index in [1.54, 1.807) is 16.7 Å². The van der Waals surface area contributed by atoms with Gasteiger partial charge >= 0.3 is 12.1 Å². The van der Waals surface area contributed by atoms with Gasteiger partial charge < -0.3 is 13.9 Å². The molecule has 0 bridgehead atoms. The molecule has 1 amide bonds. The summed E-state index contributed by atoms with van der Waals surface area (Å²) >= 11 is 1.75. The molecule has 28 heavy (non-hydrogen) atoms. The predicted octanol–water partition coefficient (Wildman–Crippen LogP) is 4.69. The summed E-state index contributed by atoms with van der Waals surface area (Å²) in [5.74, 6) is 1.60. The van der Waals surface area contributed by atoms with E-state index in [2.05, 4.69) is 40.8 Å².